The van der Waals surface area contributed by atoms with E-state index in [0.29, 0.717) is 0 Å². The van der Waals surface area contributed by atoms with Gasteiger partial charge in [0.1, 0.15) is 0 Å². The van der Waals surface area contributed by atoms with Crippen molar-refractivity contribution < 1.29 is 5.21 Å². The molecule has 9 heavy (non-hydrogen) atoms. The quantitative estimate of drug-likeness (QED) is 0.331. The van der Waals surface area contributed by atoms with E-state index < -0.39 is 0 Å². The Hall–Kier alpha value is -1.45. The molecule has 0 saturated carbocycles. The molecule has 0 aromatic carbocycles. The van der Waals surface area contributed by atoms with Gasteiger partial charge in [0.25, 0.3) is 0 Å². The zero-order chi connectivity index (χ0) is 6.53. The van der Waals surface area contributed by atoms with Crippen molar-refractivity contribution in [3.05, 3.63) is 24.0 Å². The Morgan fingerprint density at radius 1 is 1.56 bits per heavy atom. The van der Waals surface area contributed by atoms with Crippen molar-refractivity contribution in [2.24, 2.45) is 5.16 Å². The summed E-state index contributed by atoms with van der Waals surface area (Å²) in [5.74, 6) is 0. The van der Waals surface area contributed by atoms with E-state index in [0.717, 1.165) is 5.56 Å². The van der Waals surface area contributed by atoms with Crippen LogP contribution in [-0.2, 0) is 0 Å². The van der Waals surface area contributed by atoms with E-state index in [1.165, 1.54) is 18.6 Å². The molecule has 46 valence electrons. The highest BCUT2D eigenvalue weighted by molar-refractivity contribution is 5.78. The van der Waals surface area contributed by atoms with Gasteiger partial charge in [-0.25, -0.2) is 0 Å². The van der Waals surface area contributed by atoms with Gasteiger partial charge in [0.05, 0.1) is 18.6 Å². The van der Waals surface area contributed by atoms with Crippen LogP contribution in [0.15, 0.2) is 23.6 Å². The third-order valence-electron chi connectivity index (χ3n) is 0.814. The molecule has 0 radical (unpaired) electrons. The molecule has 0 aliphatic heterocycles. The number of rotatable bonds is 1. The van der Waals surface area contributed by atoms with Crippen molar-refractivity contribution >= 4 is 6.21 Å². The van der Waals surface area contributed by atoms with Crippen LogP contribution in [0.4, 0.5) is 0 Å². The van der Waals surface area contributed by atoms with Gasteiger partial charge in [-0.05, 0) is 6.07 Å². The topological polar surface area (TPSA) is 58.4 Å². The molecular weight excluding hydrogens is 118 g/mol. The third kappa shape index (κ3) is 1.49. The number of hydrogen-bond acceptors (Lipinski definition) is 4. The summed E-state index contributed by atoms with van der Waals surface area (Å²) < 4.78 is 0. The zero-order valence-corrected chi connectivity index (χ0v) is 4.60. The summed E-state index contributed by atoms with van der Waals surface area (Å²) >= 11 is 0. The Morgan fingerprint density at radius 2 is 2.44 bits per heavy atom. The van der Waals surface area contributed by atoms with Crippen molar-refractivity contribution in [3.8, 4) is 0 Å². The lowest BCUT2D eigenvalue weighted by atomic mass is 10.3. The maximum Gasteiger partial charge on any atom is 0.0750 e. The molecule has 0 fully saturated rings. The molecule has 4 heteroatoms. The minimum atomic E-state index is 0.729. The van der Waals surface area contributed by atoms with Crippen molar-refractivity contribution in [2.45, 2.75) is 0 Å². The van der Waals surface area contributed by atoms with E-state index in [9.17, 15) is 0 Å². The number of aromatic nitrogens is 2. The molecule has 1 rings (SSSR count). The summed E-state index contributed by atoms with van der Waals surface area (Å²) in [6.45, 7) is 0. The Labute approximate surface area is 51.8 Å². The van der Waals surface area contributed by atoms with Gasteiger partial charge in [-0.2, -0.15) is 10.2 Å². The Balaban J connectivity index is 2.85. The van der Waals surface area contributed by atoms with Crippen molar-refractivity contribution in [1.82, 2.24) is 10.2 Å². The third-order valence-corrected chi connectivity index (χ3v) is 0.814. The van der Waals surface area contributed by atoms with Crippen LogP contribution in [0.2, 0.25) is 0 Å². The molecule has 1 N–H and O–H groups in total. The minimum absolute atomic E-state index is 0.729. The molecule has 0 saturated heterocycles. The first-order valence-electron chi connectivity index (χ1n) is 2.37. The van der Waals surface area contributed by atoms with Crippen LogP contribution >= 0.6 is 0 Å². The van der Waals surface area contributed by atoms with E-state index in [2.05, 4.69) is 15.4 Å². The van der Waals surface area contributed by atoms with Crippen molar-refractivity contribution in [1.29, 1.82) is 0 Å². The van der Waals surface area contributed by atoms with Gasteiger partial charge < -0.3 is 5.21 Å². The van der Waals surface area contributed by atoms with Crippen molar-refractivity contribution in [2.75, 3.05) is 0 Å². The monoisotopic (exact) mass is 123 g/mol. The molecular formula is C5H5N3O. The maximum absolute atomic E-state index is 8.04. The van der Waals surface area contributed by atoms with E-state index in [4.69, 9.17) is 5.21 Å². The lowest BCUT2D eigenvalue weighted by Gasteiger charge is -1.83. The van der Waals surface area contributed by atoms with Gasteiger partial charge in [0, 0.05) is 5.56 Å². The first-order valence-corrected chi connectivity index (χ1v) is 2.37. The van der Waals surface area contributed by atoms with Crippen LogP contribution in [0.25, 0.3) is 0 Å². The summed E-state index contributed by atoms with van der Waals surface area (Å²) in [5, 5.41) is 17.9. The molecule has 0 aliphatic carbocycles. The predicted octanol–water partition coefficient (Wildman–Crippen LogP) is 0.285. The molecule has 0 unspecified atom stereocenters. The van der Waals surface area contributed by atoms with E-state index >= 15 is 0 Å². The molecule has 0 spiro atoms. The second kappa shape index (κ2) is 2.76. The molecule has 1 aromatic heterocycles. The summed E-state index contributed by atoms with van der Waals surface area (Å²) in [6, 6.07) is 1.69. The molecule has 1 heterocycles. The standard InChI is InChI=1S/C5H5N3O/c9-8-4-5-1-2-6-7-3-5/h1-4,9H/b8-4+. The Bertz CT molecular complexity index is 197. The molecule has 4 nitrogen and oxygen atoms in total. The van der Waals surface area contributed by atoms with Crippen LogP contribution in [0.1, 0.15) is 5.56 Å². The van der Waals surface area contributed by atoms with Gasteiger partial charge in [0.15, 0.2) is 0 Å². The van der Waals surface area contributed by atoms with E-state index in [1.807, 2.05) is 0 Å². The van der Waals surface area contributed by atoms with Gasteiger partial charge in [-0.15, -0.1) is 0 Å². The summed E-state index contributed by atoms with van der Waals surface area (Å²) in [7, 11) is 0. The lowest BCUT2D eigenvalue weighted by Crippen LogP contribution is -1.83. The first-order chi connectivity index (χ1) is 4.43. The second-order valence-electron chi connectivity index (χ2n) is 1.42. The first kappa shape index (κ1) is 5.68. The SMILES string of the molecule is O/N=C/c1ccnnc1. The fourth-order valence-corrected chi connectivity index (χ4v) is 0.444. The maximum atomic E-state index is 8.04. The van der Waals surface area contributed by atoms with Crippen LogP contribution in [0, 0.1) is 0 Å². The van der Waals surface area contributed by atoms with E-state index in [1.54, 1.807) is 6.07 Å². The highest BCUT2D eigenvalue weighted by Gasteiger charge is 1.82. The minimum Gasteiger partial charge on any atom is -0.411 e. The predicted molar refractivity (Wildman–Crippen MR) is 31.4 cm³/mol. The lowest BCUT2D eigenvalue weighted by molar-refractivity contribution is 0.322. The fourth-order valence-electron chi connectivity index (χ4n) is 0.444. The molecule has 1 aromatic rings. The highest BCUT2D eigenvalue weighted by atomic mass is 16.4. The van der Waals surface area contributed by atoms with Crippen LogP contribution in [0.3, 0.4) is 0 Å². The number of nitrogens with zero attached hydrogens (tertiary/aromatic N) is 3. The van der Waals surface area contributed by atoms with Crippen LogP contribution in [0.5, 0.6) is 0 Å². The van der Waals surface area contributed by atoms with Gasteiger partial charge in [-0.3, -0.25) is 0 Å². The second-order valence-corrected chi connectivity index (χ2v) is 1.42. The van der Waals surface area contributed by atoms with Crippen LogP contribution < -0.4 is 0 Å². The van der Waals surface area contributed by atoms with E-state index in [-0.39, 0.29) is 0 Å². The number of hydrogen-bond donors (Lipinski definition) is 1. The Kier molecular flexibility index (Phi) is 1.74. The fraction of sp³-hybridized carbons (Fsp3) is 0. The van der Waals surface area contributed by atoms with Gasteiger partial charge >= 0.3 is 0 Å². The molecule has 0 atom stereocenters. The summed E-state index contributed by atoms with van der Waals surface area (Å²) in [4.78, 5) is 0. The molecule has 0 bridgehead atoms. The largest absolute Gasteiger partial charge is 0.411 e. The molecule has 0 amide bonds. The van der Waals surface area contributed by atoms with Crippen molar-refractivity contribution in [3.63, 3.8) is 0 Å². The number of oxime groups is 1. The van der Waals surface area contributed by atoms with Gasteiger partial charge in [-0.1, -0.05) is 5.16 Å². The highest BCUT2D eigenvalue weighted by Crippen LogP contribution is 1.86. The normalized spacial score (nSPS) is 10.2. The Morgan fingerprint density at radius 3 is 3.00 bits per heavy atom. The summed E-state index contributed by atoms with van der Waals surface area (Å²) in [6.07, 6.45) is 4.31. The smallest absolute Gasteiger partial charge is 0.0750 e. The van der Waals surface area contributed by atoms with Gasteiger partial charge in [0.2, 0.25) is 0 Å². The summed E-state index contributed by atoms with van der Waals surface area (Å²) in [5.41, 5.74) is 0.729. The average molecular weight is 123 g/mol. The van der Waals surface area contributed by atoms with Crippen LogP contribution in [-0.4, -0.2) is 21.6 Å². The molecule has 0 aliphatic rings. The average Bonchev–Trinajstić information content (AvgIpc) is 1.91. The zero-order valence-electron chi connectivity index (χ0n) is 4.60.